The van der Waals surface area contributed by atoms with Gasteiger partial charge in [0.25, 0.3) is 0 Å². The number of halogens is 2. The third kappa shape index (κ3) is 5.53. The van der Waals surface area contributed by atoms with Crippen LogP contribution in [0.1, 0.15) is 30.9 Å². The van der Waals surface area contributed by atoms with Gasteiger partial charge in [0.05, 0.1) is 0 Å². The normalized spacial score (nSPS) is 19.8. The van der Waals surface area contributed by atoms with Gasteiger partial charge in [-0.15, -0.1) is 24.8 Å². The minimum absolute atomic E-state index is 0. The van der Waals surface area contributed by atoms with Gasteiger partial charge in [-0.1, -0.05) is 19.1 Å². The van der Waals surface area contributed by atoms with Gasteiger partial charge in [0, 0.05) is 49.3 Å². The number of rotatable bonds is 5. The third-order valence-electron chi connectivity index (χ3n) is 4.29. The van der Waals surface area contributed by atoms with E-state index in [0.29, 0.717) is 12.5 Å². The van der Waals surface area contributed by atoms with Gasteiger partial charge in [-0.25, -0.2) is 0 Å². The molecule has 24 heavy (non-hydrogen) atoms. The topological polar surface area (TPSA) is 44.4 Å². The molecule has 0 aromatic heterocycles. The van der Waals surface area contributed by atoms with E-state index in [9.17, 15) is 4.79 Å². The van der Waals surface area contributed by atoms with Crippen LogP contribution in [0, 0.1) is 0 Å². The number of amides is 1. The Balaban J connectivity index is 0.00000144. The van der Waals surface area contributed by atoms with Crippen molar-refractivity contribution in [1.82, 2.24) is 10.2 Å². The summed E-state index contributed by atoms with van der Waals surface area (Å²) >= 11 is 1.93. The van der Waals surface area contributed by atoms with E-state index in [0.717, 1.165) is 43.4 Å². The number of benzene rings is 1. The van der Waals surface area contributed by atoms with Crippen LogP contribution in [0.2, 0.25) is 0 Å². The number of anilines is 1. The van der Waals surface area contributed by atoms with Crippen molar-refractivity contribution in [3.05, 3.63) is 29.3 Å². The van der Waals surface area contributed by atoms with Crippen LogP contribution in [0.25, 0.3) is 0 Å². The quantitative estimate of drug-likeness (QED) is 0.807. The maximum absolute atomic E-state index is 12.3. The molecule has 1 unspecified atom stereocenters. The number of thioether (sulfide) groups is 1. The average molecular weight is 392 g/mol. The van der Waals surface area contributed by atoms with Crippen LogP contribution < -0.4 is 10.6 Å². The van der Waals surface area contributed by atoms with Crippen molar-refractivity contribution in [2.45, 2.75) is 38.9 Å². The van der Waals surface area contributed by atoms with Gasteiger partial charge in [0.1, 0.15) is 0 Å². The highest BCUT2D eigenvalue weighted by Gasteiger charge is 2.22. The lowest BCUT2D eigenvalue weighted by Crippen LogP contribution is -2.40. The maximum atomic E-state index is 12.3. The number of carbonyl (C=O) groups excluding carboxylic acids is 1. The van der Waals surface area contributed by atoms with Crippen molar-refractivity contribution in [3.63, 3.8) is 0 Å². The highest BCUT2D eigenvalue weighted by molar-refractivity contribution is 7.99. The molecule has 2 aliphatic heterocycles. The lowest BCUT2D eigenvalue weighted by atomic mass is 10.1. The van der Waals surface area contributed by atoms with Crippen LogP contribution >= 0.6 is 36.6 Å². The van der Waals surface area contributed by atoms with E-state index in [-0.39, 0.29) is 30.7 Å². The maximum Gasteiger partial charge on any atom is 0.225 e. The van der Waals surface area contributed by atoms with Crippen molar-refractivity contribution < 1.29 is 4.79 Å². The molecule has 136 valence electrons. The van der Waals surface area contributed by atoms with Crippen molar-refractivity contribution in [1.29, 1.82) is 0 Å². The number of nitrogens with zero attached hydrogens (tertiary/aromatic N) is 1. The van der Waals surface area contributed by atoms with Crippen LogP contribution in [0.5, 0.6) is 0 Å². The Morgan fingerprint density at radius 3 is 2.92 bits per heavy atom. The Bertz CT molecular complexity index is 539. The number of hydrogen-bond donors (Lipinski definition) is 2. The van der Waals surface area contributed by atoms with E-state index < -0.39 is 0 Å². The summed E-state index contributed by atoms with van der Waals surface area (Å²) in [4.78, 5) is 14.8. The zero-order valence-electron chi connectivity index (χ0n) is 14.0. The summed E-state index contributed by atoms with van der Waals surface area (Å²) in [5, 5.41) is 6.56. The molecule has 1 aromatic carbocycles. The highest BCUT2D eigenvalue weighted by atomic mass is 35.5. The molecule has 7 heteroatoms. The second-order valence-corrected chi connectivity index (χ2v) is 7.28. The Morgan fingerprint density at radius 1 is 1.38 bits per heavy atom. The van der Waals surface area contributed by atoms with Crippen molar-refractivity contribution in [3.8, 4) is 0 Å². The first-order valence-electron chi connectivity index (χ1n) is 8.20. The Hall–Kier alpha value is -0.460. The summed E-state index contributed by atoms with van der Waals surface area (Å²) in [6, 6.07) is 6.58. The van der Waals surface area contributed by atoms with Gasteiger partial charge >= 0.3 is 0 Å². The van der Waals surface area contributed by atoms with Crippen LogP contribution in [0.15, 0.2) is 18.2 Å². The third-order valence-corrected chi connectivity index (χ3v) is 5.42. The predicted octanol–water partition coefficient (Wildman–Crippen LogP) is 3.29. The fourth-order valence-electron chi connectivity index (χ4n) is 3.26. The zero-order valence-corrected chi connectivity index (χ0v) is 16.5. The molecular weight excluding hydrogens is 365 g/mol. The fourth-order valence-corrected chi connectivity index (χ4v) is 4.21. The monoisotopic (exact) mass is 391 g/mol. The number of carbonyl (C=O) groups is 1. The molecule has 1 amide bonds. The molecule has 1 fully saturated rings. The second kappa shape index (κ2) is 10.5. The first kappa shape index (κ1) is 21.6. The van der Waals surface area contributed by atoms with Crippen LogP contribution in [0.4, 0.5) is 5.69 Å². The molecule has 0 bridgehead atoms. The number of hydrogen-bond acceptors (Lipinski definition) is 4. The predicted molar refractivity (Wildman–Crippen MR) is 108 cm³/mol. The van der Waals surface area contributed by atoms with Crippen molar-refractivity contribution >= 4 is 48.2 Å². The van der Waals surface area contributed by atoms with Gasteiger partial charge in [0.2, 0.25) is 5.91 Å². The molecule has 1 saturated heterocycles. The molecule has 2 aliphatic rings. The molecule has 0 radical (unpaired) electrons. The lowest BCUT2D eigenvalue weighted by Gasteiger charge is -2.22. The summed E-state index contributed by atoms with van der Waals surface area (Å²) in [5.41, 5.74) is 3.66. The zero-order chi connectivity index (χ0) is 15.4. The molecular formula is C17H27Cl2N3OS. The van der Waals surface area contributed by atoms with E-state index in [1.54, 1.807) is 0 Å². The summed E-state index contributed by atoms with van der Waals surface area (Å²) in [5.74, 6) is 2.31. The fraction of sp³-hybridized carbons (Fsp3) is 0.588. The Kier molecular flexibility index (Phi) is 9.45. The molecule has 0 saturated carbocycles. The van der Waals surface area contributed by atoms with Crippen LogP contribution in [0.3, 0.4) is 0 Å². The van der Waals surface area contributed by atoms with Crippen molar-refractivity contribution in [2.75, 3.05) is 29.9 Å². The average Bonchev–Trinajstić information content (AvgIpc) is 2.92. The molecule has 0 aliphatic carbocycles. The summed E-state index contributed by atoms with van der Waals surface area (Å²) < 4.78 is 0. The second-order valence-electron chi connectivity index (χ2n) is 6.13. The largest absolute Gasteiger partial charge is 0.326 e. The van der Waals surface area contributed by atoms with E-state index in [4.69, 9.17) is 0 Å². The lowest BCUT2D eigenvalue weighted by molar-refractivity contribution is -0.116. The smallest absolute Gasteiger partial charge is 0.225 e. The van der Waals surface area contributed by atoms with E-state index >= 15 is 0 Å². The number of fused-ring (bicyclic) bond motifs is 1. The molecule has 4 nitrogen and oxygen atoms in total. The molecule has 1 aromatic rings. The summed E-state index contributed by atoms with van der Waals surface area (Å²) in [6.07, 6.45) is 1.73. The van der Waals surface area contributed by atoms with E-state index in [1.165, 1.54) is 17.5 Å². The standard InChI is InChI=1S/C17H25N3OS.2ClH/c1-2-7-20-10-13-4-3-5-16(15(13)11-20)19-17(21)9-14-12-22-8-6-18-14;;/h3-5,14,18H,2,6-12H2,1H3,(H,19,21);2*1H. The van der Waals surface area contributed by atoms with Gasteiger partial charge in [0.15, 0.2) is 0 Å². The number of nitrogens with one attached hydrogen (secondary N) is 2. The molecule has 1 atom stereocenters. The first-order chi connectivity index (χ1) is 10.8. The van der Waals surface area contributed by atoms with Crippen LogP contribution in [-0.2, 0) is 17.9 Å². The minimum Gasteiger partial charge on any atom is -0.326 e. The SMILES string of the molecule is CCCN1Cc2cccc(NC(=O)CC3CSCCN3)c2C1.Cl.Cl. The molecule has 2 heterocycles. The molecule has 0 spiro atoms. The van der Waals surface area contributed by atoms with Gasteiger partial charge in [-0.05, 0) is 30.2 Å². The Morgan fingerprint density at radius 2 is 2.21 bits per heavy atom. The van der Waals surface area contributed by atoms with E-state index in [2.05, 4.69) is 34.6 Å². The van der Waals surface area contributed by atoms with Gasteiger partial charge in [-0.2, -0.15) is 11.8 Å². The first-order valence-corrected chi connectivity index (χ1v) is 9.36. The Labute approximate surface area is 161 Å². The summed E-state index contributed by atoms with van der Waals surface area (Å²) in [6.45, 7) is 6.30. The minimum atomic E-state index is 0. The summed E-state index contributed by atoms with van der Waals surface area (Å²) in [7, 11) is 0. The van der Waals surface area contributed by atoms with Crippen molar-refractivity contribution in [2.24, 2.45) is 0 Å². The van der Waals surface area contributed by atoms with Gasteiger partial charge < -0.3 is 10.6 Å². The molecule has 3 rings (SSSR count). The highest BCUT2D eigenvalue weighted by Crippen LogP contribution is 2.29. The van der Waals surface area contributed by atoms with Gasteiger partial charge in [-0.3, -0.25) is 9.69 Å². The molecule has 2 N–H and O–H groups in total. The van der Waals surface area contributed by atoms with Crippen LogP contribution in [-0.4, -0.2) is 41.4 Å². The van der Waals surface area contributed by atoms with E-state index in [1.807, 2.05) is 17.8 Å².